The molecule has 0 radical (unpaired) electrons. The van der Waals surface area contributed by atoms with Crippen LogP contribution in [0.25, 0.3) is 45.1 Å². The van der Waals surface area contributed by atoms with E-state index in [1.807, 2.05) is 0 Å². The minimum atomic E-state index is 0. The first kappa shape index (κ1) is 56.0. The third-order valence-corrected chi connectivity index (χ3v) is 12.0. The average Bonchev–Trinajstić information content (AvgIpc) is 3.79. The van der Waals surface area contributed by atoms with Crippen molar-refractivity contribution in [1.29, 1.82) is 0 Å². The van der Waals surface area contributed by atoms with Crippen LogP contribution in [0.2, 0.25) is 0 Å². The van der Waals surface area contributed by atoms with Crippen LogP contribution in [0.15, 0.2) is 66.7 Å². The fraction of sp³-hybridized carbons (Fsp3) is 0.627. The van der Waals surface area contributed by atoms with E-state index < -0.39 is 0 Å². The number of fused-ring (bicyclic) bond motifs is 2. The Hall–Kier alpha value is -2.02. The molecule has 0 saturated heterocycles. The molecular weight excluding hydrogens is 840 g/mol. The van der Waals surface area contributed by atoms with Crippen molar-refractivity contribution in [3.05, 3.63) is 66.7 Å². The molecule has 0 fully saturated rings. The zero-order valence-corrected chi connectivity index (χ0v) is 41.0. The standard InChI is InChI=1S/C51H77N5.3ClH.V/c1-3-5-7-9-11-13-15-17-19-21-23-25-27-33-42-55-48-40-31-29-36-44(48)53-50(55)46-38-35-39-47(52-46)51-54-45-37-30-32-41-49(45)56(51)43-34-28-26-24-22-20-18-16-14-12-10-8-6-4-2;;;;/h29-32,35-41H,3-28,33-34,42-43H2,1-2H3;3*1H;/q;;;;+3/p-3. The number of pyridine rings is 1. The summed E-state index contributed by atoms with van der Waals surface area (Å²) in [6.07, 6.45) is 38.5. The molecule has 0 bridgehead atoms. The van der Waals surface area contributed by atoms with Crippen LogP contribution >= 0.6 is 0 Å². The fourth-order valence-electron chi connectivity index (χ4n) is 8.61. The first-order valence-corrected chi connectivity index (χ1v) is 23.7. The van der Waals surface area contributed by atoms with Gasteiger partial charge in [-0.15, -0.1) is 0 Å². The van der Waals surface area contributed by atoms with Gasteiger partial charge in [0.15, 0.2) is 11.6 Å². The van der Waals surface area contributed by atoms with Gasteiger partial charge in [-0.1, -0.05) is 211 Å². The molecule has 0 spiro atoms. The Kier molecular flexibility index (Phi) is 32.2. The Morgan fingerprint density at radius 3 is 0.933 bits per heavy atom. The molecule has 3 aromatic heterocycles. The molecule has 5 nitrogen and oxygen atoms in total. The van der Waals surface area contributed by atoms with Gasteiger partial charge in [-0.3, -0.25) is 0 Å². The van der Waals surface area contributed by atoms with Crippen LogP contribution in [0.5, 0.6) is 0 Å². The smallest absolute Gasteiger partial charge is 1.00 e. The van der Waals surface area contributed by atoms with Crippen molar-refractivity contribution in [3.8, 4) is 23.0 Å². The number of hydrogen-bond donors (Lipinski definition) is 0. The summed E-state index contributed by atoms with van der Waals surface area (Å²) >= 11 is 0. The number of para-hydroxylation sites is 4. The molecule has 9 heteroatoms. The second kappa shape index (κ2) is 34.5. The third-order valence-electron chi connectivity index (χ3n) is 12.0. The van der Waals surface area contributed by atoms with E-state index in [0.29, 0.717) is 0 Å². The van der Waals surface area contributed by atoms with Crippen molar-refractivity contribution in [2.75, 3.05) is 0 Å². The van der Waals surface area contributed by atoms with Crippen LogP contribution in [-0.2, 0) is 31.6 Å². The Balaban J connectivity index is 0.00000450. The van der Waals surface area contributed by atoms with Gasteiger partial charge in [0.05, 0.1) is 22.1 Å². The number of unbranched alkanes of at least 4 members (excludes halogenated alkanes) is 26. The van der Waals surface area contributed by atoms with Gasteiger partial charge in [-0.25, -0.2) is 15.0 Å². The molecule has 0 aliphatic rings. The molecule has 5 rings (SSSR count). The van der Waals surface area contributed by atoms with Crippen LogP contribution in [0.4, 0.5) is 0 Å². The number of halogens is 3. The number of aromatic nitrogens is 5. The number of rotatable bonds is 32. The fourth-order valence-corrected chi connectivity index (χ4v) is 8.61. The van der Waals surface area contributed by atoms with Crippen LogP contribution in [-0.4, -0.2) is 24.1 Å². The Morgan fingerprint density at radius 2 is 0.617 bits per heavy atom. The zero-order valence-electron chi connectivity index (χ0n) is 37.4. The van der Waals surface area contributed by atoms with Crippen LogP contribution in [0.3, 0.4) is 0 Å². The van der Waals surface area contributed by atoms with E-state index in [1.54, 1.807) is 0 Å². The summed E-state index contributed by atoms with van der Waals surface area (Å²) in [5.41, 5.74) is 6.36. The molecule has 3 heterocycles. The van der Waals surface area contributed by atoms with Gasteiger partial charge in [0.1, 0.15) is 11.4 Å². The molecule has 0 N–H and O–H groups in total. The Labute approximate surface area is 396 Å². The molecule has 60 heavy (non-hydrogen) atoms. The maximum atomic E-state index is 5.29. The van der Waals surface area contributed by atoms with E-state index in [9.17, 15) is 0 Å². The predicted molar refractivity (Wildman–Crippen MR) is 242 cm³/mol. The van der Waals surface area contributed by atoms with Crippen molar-refractivity contribution in [2.24, 2.45) is 0 Å². The number of aryl methyl sites for hydroxylation is 2. The zero-order chi connectivity index (χ0) is 38.9. The summed E-state index contributed by atoms with van der Waals surface area (Å²) in [6, 6.07) is 23.6. The molecule has 5 aromatic rings. The molecule has 0 aliphatic carbocycles. The summed E-state index contributed by atoms with van der Waals surface area (Å²) in [5.74, 6) is 1.94. The Morgan fingerprint density at radius 1 is 0.333 bits per heavy atom. The van der Waals surface area contributed by atoms with Gasteiger partial charge in [0.25, 0.3) is 0 Å². The molecule has 0 unspecified atom stereocenters. The average molecular weight is 918 g/mol. The topological polar surface area (TPSA) is 48.5 Å². The van der Waals surface area contributed by atoms with Gasteiger partial charge in [0, 0.05) is 13.1 Å². The summed E-state index contributed by atoms with van der Waals surface area (Å²) in [6.45, 7) is 6.54. The molecule has 0 saturated carbocycles. The van der Waals surface area contributed by atoms with E-state index >= 15 is 0 Å². The number of nitrogens with zero attached hydrogens (tertiary/aromatic N) is 5. The molecule has 0 atom stereocenters. The maximum Gasteiger partial charge on any atom is 3.00 e. The maximum absolute atomic E-state index is 5.29. The first-order valence-electron chi connectivity index (χ1n) is 23.7. The van der Waals surface area contributed by atoms with Crippen molar-refractivity contribution in [3.63, 3.8) is 0 Å². The number of benzene rings is 2. The molecule has 0 amide bonds. The SMILES string of the molecule is CCCCCCCCCCCCCCCCn1c(-c2cccc(-c3nc4ccccc4n3CCCCCCCCCCCCCCCC)n2)nc2ccccc21.[Cl-].[Cl-].[Cl-].[V+3]. The minimum absolute atomic E-state index is 0. The van der Waals surface area contributed by atoms with Gasteiger partial charge in [0.2, 0.25) is 0 Å². The van der Waals surface area contributed by atoms with Gasteiger partial charge >= 0.3 is 18.6 Å². The monoisotopic (exact) mass is 915 g/mol. The summed E-state index contributed by atoms with van der Waals surface area (Å²) < 4.78 is 4.83. The molecular formula is C51H77Cl3N5V. The van der Waals surface area contributed by atoms with Crippen LogP contribution in [0.1, 0.15) is 194 Å². The minimum Gasteiger partial charge on any atom is -1.00 e. The van der Waals surface area contributed by atoms with Crippen molar-refractivity contribution < 1.29 is 55.8 Å². The Bertz CT molecular complexity index is 1660. The van der Waals surface area contributed by atoms with Crippen LogP contribution in [0, 0.1) is 0 Å². The van der Waals surface area contributed by atoms with Crippen molar-refractivity contribution >= 4 is 22.1 Å². The second-order valence-electron chi connectivity index (χ2n) is 16.8. The summed E-state index contributed by atoms with van der Waals surface area (Å²) in [4.78, 5) is 15.6. The first-order chi connectivity index (χ1) is 27.8. The molecule has 2 aromatic carbocycles. The van der Waals surface area contributed by atoms with Crippen LogP contribution < -0.4 is 37.2 Å². The number of hydrogen-bond acceptors (Lipinski definition) is 3. The number of imidazole rings is 2. The van der Waals surface area contributed by atoms with Crippen molar-refractivity contribution in [2.45, 2.75) is 207 Å². The molecule has 0 aliphatic heterocycles. The van der Waals surface area contributed by atoms with Gasteiger partial charge < -0.3 is 46.4 Å². The van der Waals surface area contributed by atoms with Crippen molar-refractivity contribution in [1.82, 2.24) is 24.1 Å². The predicted octanol–water partition coefficient (Wildman–Crippen LogP) is 7.09. The van der Waals surface area contributed by atoms with Gasteiger partial charge in [-0.05, 0) is 49.2 Å². The van der Waals surface area contributed by atoms with E-state index in [0.717, 1.165) is 47.2 Å². The largest absolute Gasteiger partial charge is 3.00 e. The normalized spacial score (nSPS) is 11.0. The second-order valence-corrected chi connectivity index (χ2v) is 16.8. The molecule has 332 valence electrons. The van der Waals surface area contributed by atoms with E-state index in [-0.39, 0.29) is 55.8 Å². The van der Waals surface area contributed by atoms with E-state index in [4.69, 9.17) is 15.0 Å². The third kappa shape index (κ3) is 19.2. The van der Waals surface area contributed by atoms with E-state index in [1.165, 1.54) is 191 Å². The summed E-state index contributed by atoms with van der Waals surface area (Å²) in [5, 5.41) is 0. The van der Waals surface area contributed by atoms with E-state index in [2.05, 4.69) is 89.7 Å². The summed E-state index contributed by atoms with van der Waals surface area (Å²) in [7, 11) is 0. The quantitative estimate of drug-likeness (QED) is 0.0434. The van der Waals surface area contributed by atoms with Gasteiger partial charge in [-0.2, -0.15) is 0 Å².